The van der Waals surface area contributed by atoms with Crippen LogP contribution in [0.15, 0.2) is 46.9 Å². The van der Waals surface area contributed by atoms with Gasteiger partial charge in [-0.15, -0.1) is 0 Å². The molecule has 0 amide bonds. The maximum Gasteiger partial charge on any atom is 0.337 e. The van der Waals surface area contributed by atoms with Gasteiger partial charge in [-0.25, -0.2) is 4.79 Å². The molecule has 0 saturated carbocycles. The Morgan fingerprint density at radius 1 is 1.30 bits per heavy atom. The predicted octanol–water partition coefficient (Wildman–Crippen LogP) is 3.90. The summed E-state index contributed by atoms with van der Waals surface area (Å²) in [6.45, 7) is 1.98. The molecular weight excluding hydrogens is 320 g/mol. The standard InChI is InChI=1S/C15H15BrN2O2/c1-9(10-3-2-4-11(16)7-10)18-14-6-5-12(17)8-13(14)15(19)20/h2-9,18H,17H2,1H3,(H,19,20). The van der Waals surface area contributed by atoms with Gasteiger partial charge in [-0.3, -0.25) is 0 Å². The third kappa shape index (κ3) is 3.30. The maximum atomic E-state index is 11.2. The number of aromatic carboxylic acids is 1. The zero-order chi connectivity index (χ0) is 14.7. The van der Waals surface area contributed by atoms with Crippen molar-refractivity contribution < 1.29 is 9.90 Å². The van der Waals surface area contributed by atoms with E-state index in [4.69, 9.17) is 5.73 Å². The van der Waals surface area contributed by atoms with Crippen molar-refractivity contribution in [2.45, 2.75) is 13.0 Å². The SMILES string of the molecule is CC(Nc1ccc(N)cc1C(=O)O)c1cccc(Br)c1. The van der Waals surface area contributed by atoms with Crippen molar-refractivity contribution in [3.63, 3.8) is 0 Å². The van der Waals surface area contributed by atoms with Gasteiger partial charge in [0, 0.05) is 21.9 Å². The monoisotopic (exact) mass is 334 g/mol. The van der Waals surface area contributed by atoms with Crippen LogP contribution in [-0.2, 0) is 0 Å². The highest BCUT2D eigenvalue weighted by molar-refractivity contribution is 9.10. The molecule has 5 heteroatoms. The molecule has 4 nitrogen and oxygen atoms in total. The summed E-state index contributed by atoms with van der Waals surface area (Å²) in [5.74, 6) is -0.999. The minimum absolute atomic E-state index is 0.0192. The lowest BCUT2D eigenvalue weighted by molar-refractivity contribution is 0.0698. The fourth-order valence-electron chi connectivity index (χ4n) is 1.96. The quantitative estimate of drug-likeness (QED) is 0.741. The van der Waals surface area contributed by atoms with Crippen LogP contribution in [0.25, 0.3) is 0 Å². The van der Waals surface area contributed by atoms with Crippen LogP contribution in [0.1, 0.15) is 28.9 Å². The number of carbonyl (C=O) groups is 1. The van der Waals surface area contributed by atoms with Crippen LogP contribution < -0.4 is 11.1 Å². The molecule has 104 valence electrons. The highest BCUT2D eigenvalue weighted by Crippen LogP contribution is 2.25. The summed E-state index contributed by atoms with van der Waals surface area (Å²) in [7, 11) is 0. The first-order chi connectivity index (χ1) is 9.47. The number of nitrogens with one attached hydrogen (secondary N) is 1. The highest BCUT2D eigenvalue weighted by Gasteiger charge is 2.13. The molecule has 0 spiro atoms. The Morgan fingerprint density at radius 3 is 2.70 bits per heavy atom. The Morgan fingerprint density at radius 2 is 2.05 bits per heavy atom. The van der Waals surface area contributed by atoms with E-state index < -0.39 is 5.97 Å². The van der Waals surface area contributed by atoms with E-state index in [0.717, 1.165) is 10.0 Å². The molecule has 2 aromatic rings. The number of carboxylic acids is 1. The molecule has 20 heavy (non-hydrogen) atoms. The number of anilines is 2. The molecule has 0 aromatic heterocycles. The Labute approximate surface area is 125 Å². The molecule has 2 aromatic carbocycles. The number of hydrogen-bond acceptors (Lipinski definition) is 3. The van der Waals surface area contributed by atoms with E-state index >= 15 is 0 Å². The molecule has 0 aliphatic rings. The zero-order valence-corrected chi connectivity index (χ0v) is 12.5. The molecule has 0 heterocycles. The van der Waals surface area contributed by atoms with E-state index in [0.29, 0.717) is 11.4 Å². The molecule has 4 N–H and O–H groups in total. The number of carboxylic acid groups (broad SMARTS) is 1. The molecule has 0 saturated heterocycles. The molecule has 0 radical (unpaired) electrons. The molecule has 0 aliphatic carbocycles. The number of rotatable bonds is 4. The molecule has 1 unspecified atom stereocenters. The summed E-state index contributed by atoms with van der Waals surface area (Å²) in [4.78, 5) is 11.2. The lowest BCUT2D eigenvalue weighted by atomic mass is 10.1. The minimum Gasteiger partial charge on any atom is -0.478 e. The summed E-state index contributed by atoms with van der Waals surface area (Å²) >= 11 is 3.42. The van der Waals surface area contributed by atoms with Crippen LogP contribution in [0.2, 0.25) is 0 Å². The van der Waals surface area contributed by atoms with E-state index in [9.17, 15) is 9.90 Å². The van der Waals surface area contributed by atoms with Gasteiger partial charge in [0.15, 0.2) is 0 Å². The first kappa shape index (κ1) is 14.4. The topological polar surface area (TPSA) is 75.3 Å². The van der Waals surface area contributed by atoms with Crippen molar-refractivity contribution in [1.29, 1.82) is 0 Å². The van der Waals surface area contributed by atoms with Crippen LogP contribution >= 0.6 is 15.9 Å². The maximum absolute atomic E-state index is 11.2. The van der Waals surface area contributed by atoms with Gasteiger partial charge < -0.3 is 16.2 Å². The van der Waals surface area contributed by atoms with Gasteiger partial charge in [-0.2, -0.15) is 0 Å². The molecule has 2 rings (SSSR count). The number of halogens is 1. The predicted molar refractivity (Wildman–Crippen MR) is 84.0 cm³/mol. The largest absolute Gasteiger partial charge is 0.478 e. The number of hydrogen-bond donors (Lipinski definition) is 3. The third-order valence-electron chi connectivity index (χ3n) is 2.99. The lowest BCUT2D eigenvalue weighted by Crippen LogP contribution is -2.11. The normalized spacial score (nSPS) is 11.9. The summed E-state index contributed by atoms with van der Waals surface area (Å²) in [5.41, 5.74) is 7.85. The van der Waals surface area contributed by atoms with Crippen molar-refractivity contribution in [2.75, 3.05) is 11.1 Å². The molecular formula is C15H15BrN2O2. The second-order valence-electron chi connectivity index (χ2n) is 4.53. The second kappa shape index (κ2) is 5.96. The van der Waals surface area contributed by atoms with Crippen LogP contribution in [-0.4, -0.2) is 11.1 Å². The van der Waals surface area contributed by atoms with Gasteiger partial charge in [0.2, 0.25) is 0 Å². The zero-order valence-electron chi connectivity index (χ0n) is 10.9. The van der Waals surface area contributed by atoms with Crippen molar-refractivity contribution in [3.05, 3.63) is 58.1 Å². The fourth-order valence-corrected chi connectivity index (χ4v) is 2.37. The van der Waals surface area contributed by atoms with Crippen LogP contribution in [0.3, 0.4) is 0 Å². The van der Waals surface area contributed by atoms with Gasteiger partial charge in [0.05, 0.1) is 5.56 Å². The average molecular weight is 335 g/mol. The Bertz CT molecular complexity index is 644. The minimum atomic E-state index is -0.999. The Hall–Kier alpha value is -2.01. The highest BCUT2D eigenvalue weighted by atomic mass is 79.9. The summed E-state index contributed by atoms with van der Waals surface area (Å²) in [6, 6.07) is 12.7. The van der Waals surface area contributed by atoms with Crippen LogP contribution in [0.5, 0.6) is 0 Å². The van der Waals surface area contributed by atoms with Crippen molar-refractivity contribution >= 4 is 33.3 Å². The summed E-state index contributed by atoms with van der Waals surface area (Å²) < 4.78 is 0.986. The van der Waals surface area contributed by atoms with E-state index in [1.165, 1.54) is 6.07 Å². The van der Waals surface area contributed by atoms with Gasteiger partial charge in [-0.05, 0) is 42.8 Å². The first-order valence-electron chi connectivity index (χ1n) is 6.12. The van der Waals surface area contributed by atoms with Crippen LogP contribution in [0.4, 0.5) is 11.4 Å². The van der Waals surface area contributed by atoms with Crippen molar-refractivity contribution in [2.24, 2.45) is 0 Å². The van der Waals surface area contributed by atoms with Crippen molar-refractivity contribution in [3.8, 4) is 0 Å². The summed E-state index contributed by atoms with van der Waals surface area (Å²) in [6.07, 6.45) is 0. The molecule has 0 aliphatic heterocycles. The summed E-state index contributed by atoms with van der Waals surface area (Å²) in [5, 5.41) is 12.4. The molecule has 0 fully saturated rings. The van der Waals surface area contributed by atoms with E-state index in [1.807, 2.05) is 31.2 Å². The number of nitrogens with two attached hydrogens (primary N) is 1. The van der Waals surface area contributed by atoms with Crippen LogP contribution in [0, 0.1) is 0 Å². The lowest BCUT2D eigenvalue weighted by Gasteiger charge is -2.18. The van der Waals surface area contributed by atoms with E-state index in [2.05, 4.69) is 21.2 Å². The van der Waals surface area contributed by atoms with Gasteiger partial charge >= 0.3 is 5.97 Å². The Balaban J connectivity index is 2.28. The molecule has 0 bridgehead atoms. The fraction of sp³-hybridized carbons (Fsp3) is 0.133. The Kier molecular flexibility index (Phi) is 4.29. The van der Waals surface area contributed by atoms with Crippen molar-refractivity contribution in [1.82, 2.24) is 0 Å². The van der Waals surface area contributed by atoms with Gasteiger partial charge in [0.1, 0.15) is 0 Å². The van der Waals surface area contributed by atoms with E-state index in [1.54, 1.807) is 12.1 Å². The first-order valence-corrected chi connectivity index (χ1v) is 6.91. The van der Waals surface area contributed by atoms with E-state index in [-0.39, 0.29) is 11.6 Å². The number of benzene rings is 2. The van der Waals surface area contributed by atoms with Gasteiger partial charge in [0.25, 0.3) is 0 Å². The molecule has 1 atom stereocenters. The number of nitrogen functional groups attached to an aromatic ring is 1. The third-order valence-corrected chi connectivity index (χ3v) is 3.49. The average Bonchev–Trinajstić information content (AvgIpc) is 2.40. The smallest absolute Gasteiger partial charge is 0.337 e. The van der Waals surface area contributed by atoms with Gasteiger partial charge in [-0.1, -0.05) is 28.1 Å². The second-order valence-corrected chi connectivity index (χ2v) is 5.45.